The molecular weight excluding hydrogens is 310 g/mol. The number of hydrogen-bond acceptors (Lipinski definition) is 3. The topological polar surface area (TPSA) is 74.8 Å². The summed E-state index contributed by atoms with van der Waals surface area (Å²) in [5.41, 5.74) is 4.19. The van der Waals surface area contributed by atoms with Crippen LogP contribution in [0.5, 0.6) is 0 Å². The number of rotatable bonds is 3. The van der Waals surface area contributed by atoms with Crippen LogP contribution in [0.2, 0.25) is 5.02 Å². The van der Waals surface area contributed by atoms with Crippen molar-refractivity contribution in [3.63, 3.8) is 0 Å². The molecule has 1 aliphatic rings. The summed E-state index contributed by atoms with van der Waals surface area (Å²) in [7, 11) is -3.33. The lowest BCUT2D eigenvalue weighted by Gasteiger charge is -2.22. The fourth-order valence-electron chi connectivity index (χ4n) is 2.58. The summed E-state index contributed by atoms with van der Waals surface area (Å²) in [5, 5.41) is 0.601. The number of nitrogens with zero attached hydrogens (tertiary/aromatic N) is 1. The molecule has 0 saturated carbocycles. The van der Waals surface area contributed by atoms with Crippen LogP contribution in [0.3, 0.4) is 0 Å². The van der Waals surface area contributed by atoms with Gasteiger partial charge >= 0.3 is 0 Å². The fourth-order valence-corrected chi connectivity index (χ4v) is 3.45. The van der Waals surface area contributed by atoms with E-state index in [2.05, 4.69) is 20.8 Å². The van der Waals surface area contributed by atoms with E-state index < -0.39 is 10.0 Å². The van der Waals surface area contributed by atoms with Crippen LogP contribution in [0.4, 0.5) is 5.69 Å². The van der Waals surface area contributed by atoms with Crippen LogP contribution < -0.4 is 4.72 Å². The van der Waals surface area contributed by atoms with Gasteiger partial charge in [0.2, 0.25) is 10.0 Å². The number of sulfonamides is 1. The van der Waals surface area contributed by atoms with Gasteiger partial charge in [0, 0.05) is 16.2 Å². The van der Waals surface area contributed by atoms with E-state index >= 15 is 0 Å². The SMILES string of the molecule is CS(=O)(=O)Nc1ccc(Cl)c2c1CCC=C2c1cnc[nH]1. The highest BCUT2D eigenvalue weighted by molar-refractivity contribution is 7.92. The maximum Gasteiger partial charge on any atom is 0.229 e. The molecule has 1 aromatic heterocycles. The van der Waals surface area contributed by atoms with Gasteiger partial charge in [-0.2, -0.15) is 0 Å². The summed E-state index contributed by atoms with van der Waals surface area (Å²) < 4.78 is 25.6. The minimum Gasteiger partial charge on any atom is -0.345 e. The van der Waals surface area contributed by atoms with Crippen LogP contribution in [0, 0.1) is 0 Å². The Morgan fingerprint density at radius 1 is 1.38 bits per heavy atom. The number of imidazole rings is 1. The number of fused-ring (bicyclic) bond motifs is 1. The first-order valence-electron chi connectivity index (χ1n) is 6.44. The van der Waals surface area contributed by atoms with Crippen molar-refractivity contribution in [3.8, 4) is 0 Å². The highest BCUT2D eigenvalue weighted by atomic mass is 35.5. The van der Waals surface area contributed by atoms with Crippen molar-refractivity contribution in [2.45, 2.75) is 12.8 Å². The lowest BCUT2D eigenvalue weighted by atomic mass is 9.88. The molecule has 1 aromatic carbocycles. The van der Waals surface area contributed by atoms with Crippen LogP contribution in [0.25, 0.3) is 5.57 Å². The average Bonchev–Trinajstić information content (AvgIpc) is 2.94. The van der Waals surface area contributed by atoms with Crippen LogP contribution in [-0.2, 0) is 16.4 Å². The van der Waals surface area contributed by atoms with Crippen molar-refractivity contribution in [2.75, 3.05) is 11.0 Å². The Kier molecular flexibility index (Phi) is 3.51. The molecule has 0 radical (unpaired) electrons. The zero-order valence-corrected chi connectivity index (χ0v) is 12.9. The minimum absolute atomic E-state index is 0.585. The minimum atomic E-state index is -3.33. The second-order valence-electron chi connectivity index (χ2n) is 4.94. The molecule has 0 fully saturated rings. The molecule has 1 aliphatic carbocycles. The smallest absolute Gasteiger partial charge is 0.229 e. The second-order valence-corrected chi connectivity index (χ2v) is 7.10. The van der Waals surface area contributed by atoms with Crippen molar-refractivity contribution < 1.29 is 8.42 Å². The highest BCUT2D eigenvalue weighted by Gasteiger charge is 2.22. The fraction of sp³-hybridized carbons (Fsp3) is 0.214. The number of anilines is 1. The Hall–Kier alpha value is -1.79. The molecule has 5 nitrogen and oxygen atoms in total. The molecule has 0 unspecified atom stereocenters. The van der Waals surface area contributed by atoms with Gasteiger partial charge in [0.25, 0.3) is 0 Å². The molecule has 1 heterocycles. The van der Waals surface area contributed by atoms with Crippen LogP contribution in [-0.4, -0.2) is 24.6 Å². The van der Waals surface area contributed by atoms with Crippen molar-refractivity contribution in [1.82, 2.24) is 9.97 Å². The Labute approximate surface area is 128 Å². The van der Waals surface area contributed by atoms with E-state index in [1.54, 1.807) is 24.7 Å². The molecule has 7 heteroatoms. The number of halogens is 1. The molecular formula is C14H14ClN3O2S. The summed E-state index contributed by atoms with van der Waals surface area (Å²) in [4.78, 5) is 7.10. The zero-order valence-electron chi connectivity index (χ0n) is 11.4. The van der Waals surface area contributed by atoms with Gasteiger partial charge in [0.1, 0.15) is 0 Å². The Morgan fingerprint density at radius 2 is 2.19 bits per heavy atom. The maximum atomic E-state index is 11.5. The first-order valence-corrected chi connectivity index (χ1v) is 8.71. The van der Waals surface area contributed by atoms with Gasteiger partial charge in [-0.3, -0.25) is 4.72 Å². The van der Waals surface area contributed by atoms with Gasteiger partial charge < -0.3 is 4.98 Å². The molecule has 0 atom stereocenters. The lowest BCUT2D eigenvalue weighted by Crippen LogP contribution is -2.14. The largest absolute Gasteiger partial charge is 0.345 e. The van der Waals surface area contributed by atoms with Crippen molar-refractivity contribution in [1.29, 1.82) is 0 Å². The second kappa shape index (κ2) is 5.20. The van der Waals surface area contributed by atoms with Crippen molar-refractivity contribution >= 4 is 32.9 Å². The van der Waals surface area contributed by atoms with E-state index in [1.807, 2.05) is 0 Å². The van der Waals surface area contributed by atoms with Crippen molar-refractivity contribution in [2.24, 2.45) is 0 Å². The number of H-pyrrole nitrogens is 1. The molecule has 0 saturated heterocycles. The monoisotopic (exact) mass is 323 g/mol. The number of allylic oxidation sites excluding steroid dienone is 1. The van der Waals surface area contributed by atoms with E-state index in [4.69, 9.17) is 11.6 Å². The van der Waals surface area contributed by atoms with Gasteiger partial charge in [-0.05, 0) is 30.5 Å². The molecule has 2 aromatic rings. The third kappa shape index (κ3) is 2.82. The Balaban J connectivity index is 2.16. The molecule has 3 rings (SSSR count). The lowest BCUT2D eigenvalue weighted by molar-refractivity contribution is 0.606. The van der Waals surface area contributed by atoms with Crippen LogP contribution in [0.1, 0.15) is 23.2 Å². The number of aromatic amines is 1. The van der Waals surface area contributed by atoms with Gasteiger partial charge in [-0.15, -0.1) is 0 Å². The molecule has 0 bridgehead atoms. The normalized spacial score (nSPS) is 14.5. The standard InChI is InChI=1S/C14H14ClN3O2S/c1-21(19,20)18-12-6-5-11(15)14-9(12)3-2-4-10(14)13-7-16-8-17-13/h4-8,18H,2-3H2,1H3,(H,16,17). The molecule has 0 spiro atoms. The van der Waals surface area contributed by atoms with Gasteiger partial charge in [0.15, 0.2) is 0 Å². The first kappa shape index (κ1) is 14.2. The highest BCUT2D eigenvalue weighted by Crippen LogP contribution is 2.39. The van der Waals surface area contributed by atoms with Crippen molar-refractivity contribution in [3.05, 3.63) is 52.6 Å². The van der Waals surface area contributed by atoms with Crippen LogP contribution in [0.15, 0.2) is 30.7 Å². The van der Waals surface area contributed by atoms with Gasteiger partial charge in [-0.25, -0.2) is 13.4 Å². The maximum absolute atomic E-state index is 11.5. The van der Waals surface area contributed by atoms with E-state index in [1.165, 1.54) is 0 Å². The van der Waals surface area contributed by atoms with E-state index in [-0.39, 0.29) is 0 Å². The third-order valence-corrected chi connectivity index (χ3v) is 4.26. The summed E-state index contributed by atoms with van der Waals surface area (Å²) in [6.07, 6.45) is 8.13. The van der Waals surface area contributed by atoms with E-state index in [9.17, 15) is 8.42 Å². The van der Waals surface area contributed by atoms with Gasteiger partial charge in [0.05, 0.1) is 30.2 Å². The zero-order chi connectivity index (χ0) is 15.0. The van der Waals surface area contributed by atoms with E-state index in [0.717, 1.165) is 41.5 Å². The molecule has 21 heavy (non-hydrogen) atoms. The summed E-state index contributed by atoms with van der Waals surface area (Å²) in [6, 6.07) is 3.42. The predicted octanol–water partition coefficient (Wildman–Crippen LogP) is 2.81. The molecule has 2 N–H and O–H groups in total. The Morgan fingerprint density at radius 3 is 2.86 bits per heavy atom. The quantitative estimate of drug-likeness (QED) is 0.912. The average molecular weight is 324 g/mol. The number of aromatic nitrogens is 2. The first-order chi connectivity index (χ1) is 9.96. The van der Waals surface area contributed by atoms with Gasteiger partial charge in [-0.1, -0.05) is 17.7 Å². The predicted molar refractivity (Wildman–Crippen MR) is 83.9 cm³/mol. The molecule has 0 aliphatic heterocycles. The summed E-state index contributed by atoms with van der Waals surface area (Å²) >= 11 is 6.34. The summed E-state index contributed by atoms with van der Waals surface area (Å²) in [5.74, 6) is 0. The third-order valence-electron chi connectivity index (χ3n) is 3.36. The van der Waals surface area contributed by atoms with E-state index in [0.29, 0.717) is 10.7 Å². The Bertz CT molecular complexity index is 811. The number of benzene rings is 1. The summed E-state index contributed by atoms with van der Waals surface area (Å²) in [6.45, 7) is 0. The molecule has 0 amide bonds. The van der Waals surface area contributed by atoms with Crippen LogP contribution >= 0.6 is 11.6 Å². The number of hydrogen-bond donors (Lipinski definition) is 2. The number of nitrogens with one attached hydrogen (secondary N) is 2. The molecule has 110 valence electrons.